The van der Waals surface area contributed by atoms with Crippen molar-refractivity contribution in [2.24, 2.45) is 10.7 Å². The van der Waals surface area contributed by atoms with E-state index in [1.807, 2.05) is 19.1 Å². The highest BCUT2D eigenvalue weighted by molar-refractivity contribution is 5.88. The Morgan fingerprint density at radius 3 is 2.71 bits per heavy atom. The van der Waals surface area contributed by atoms with E-state index in [2.05, 4.69) is 21.4 Å². The minimum absolute atomic E-state index is 0.227. The van der Waals surface area contributed by atoms with E-state index in [4.69, 9.17) is 19.9 Å². The molecule has 170 valence electrons. The summed E-state index contributed by atoms with van der Waals surface area (Å²) in [4.78, 5) is 21.4. The minimum Gasteiger partial charge on any atom is -0.497 e. The lowest BCUT2D eigenvalue weighted by molar-refractivity contribution is 0.0963. The third-order valence-corrected chi connectivity index (χ3v) is 5.44. The topological polar surface area (TPSA) is 114 Å². The molecule has 3 rings (SSSR count). The Morgan fingerprint density at radius 1 is 1.26 bits per heavy atom. The number of carbonyl (C=O) groups excluding carboxylic acids is 1. The maximum absolute atomic E-state index is 11.8. The van der Waals surface area contributed by atoms with Gasteiger partial charge in [0.15, 0.2) is 5.96 Å². The van der Waals surface area contributed by atoms with Crippen molar-refractivity contribution in [2.75, 3.05) is 40.5 Å². The number of nitrogens with zero attached hydrogens (tertiary/aromatic N) is 2. The highest BCUT2D eigenvalue weighted by atomic mass is 16.6. The molecular formula is C22H33N5O4. The van der Waals surface area contributed by atoms with Gasteiger partial charge in [0, 0.05) is 48.9 Å². The third-order valence-electron chi connectivity index (χ3n) is 5.44. The lowest BCUT2D eigenvalue weighted by Crippen LogP contribution is -2.48. The molecule has 1 aromatic heterocycles. The predicted octanol–water partition coefficient (Wildman–Crippen LogP) is 2.64. The zero-order valence-electron chi connectivity index (χ0n) is 18.6. The van der Waals surface area contributed by atoms with E-state index in [0.717, 1.165) is 53.8 Å². The fourth-order valence-corrected chi connectivity index (χ4v) is 3.80. The number of rotatable bonds is 8. The number of nitrogens with one attached hydrogen (secondary N) is 2. The lowest BCUT2D eigenvalue weighted by Gasteiger charge is -2.31. The molecule has 0 saturated carbocycles. The molecule has 1 fully saturated rings. The largest absolute Gasteiger partial charge is 0.497 e. The molecule has 0 atom stereocenters. The number of aliphatic imine (C=N–C) groups is 1. The molecule has 1 aromatic carbocycles. The van der Waals surface area contributed by atoms with Crippen molar-refractivity contribution in [1.82, 2.24) is 15.2 Å². The molecule has 1 aliphatic rings. The number of amides is 1. The SMILES string of the molecule is CCOC(=O)N1CCC(NC(N)=NCCCc2cc3c(OC)cc(OC)cc3[nH]2)CC1. The Hall–Kier alpha value is -3.10. The van der Waals surface area contributed by atoms with Crippen LogP contribution in [0.2, 0.25) is 0 Å². The Kier molecular flexibility index (Phi) is 7.86. The Morgan fingerprint density at radius 2 is 2.03 bits per heavy atom. The van der Waals surface area contributed by atoms with Crippen molar-refractivity contribution >= 4 is 23.0 Å². The second-order valence-electron chi connectivity index (χ2n) is 7.56. The Labute approximate surface area is 182 Å². The monoisotopic (exact) mass is 431 g/mol. The second kappa shape index (κ2) is 10.8. The molecule has 0 aliphatic carbocycles. The Bertz CT molecular complexity index is 903. The average molecular weight is 432 g/mol. The van der Waals surface area contributed by atoms with Gasteiger partial charge in [-0.1, -0.05) is 0 Å². The Balaban J connectivity index is 1.44. The molecular weight excluding hydrogens is 398 g/mol. The molecule has 1 amide bonds. The predicted molar refractivity (Wildman–Crippen MR) is 121 cm³/mol. The average Bonchev–Trinajstić information content (AvgIpc) is 3.19. The number of ether oxygens (including phenoxy) is 3. The van der Waals surface area contributed by atoms with Crippen molar-refractivity contribution in [2.45, 2.75) is 38.6 Å². The zero-order chi connectivity index (χ0) is 22.2. The molecule has 0 bridgehead atoms. The summed E-state index contributed by atoms with van der Waals surface area (Å²) in [6.45, 7) is 4.18. The van der Waals surface area contributed by atoms with Crippen LogP contribution in [0.1, 0.15) is 31.9 Å². The maximum atomic E-state index is 11.8. The van der Waals surface area contributed by atoms with Gasteiger partial charge in [-0.2, -0.15) is 0 Å². The van der Waals surface area contributed by atoms with Crippen LogP contribution in [0.15, 0.2) is 23.2 Å². The van der Waals surface area contributed by atoms with Crippen LogP contribution in [-0.4, -0.2) is 68.4 Å². The number of H-pyrrole nitrogens is 1. The number of hydrogen-bond acceptors (Lipinski definition) is 5. The van der Waals surface area contributed by atoms with E-state index >= 15 is 0 Å². The summed E-state index contributed by atoms with van der Waals surface area (Å²) < 4.78 is 15.8. The molecule has 0 unspecified atom stereocenters. The number of nitrogens with two attached hydrogens (primary N) is 1. The van der Waals surface area contributed by atoms with Gasteiger partial charge in [0.25, 0.3) is 0 Å². The van der Waals surface area contributed by atoms with Gasteiger partial charge in [-0.15, -0.1) is 0 Å². The van der Waals surface area contributed by atoms with Gasteiger partial charge in [0.2, 0.25) is 0 Å². The minimum atomic E-state index is -0.240. The van der Waals surface area contributed by atoms with Crippen molar-refractivity contribution in [1.29, 1.82) is 0 Å². The fourth-order valence-electron chi connectivity index (χ4n) is 3.80. The summed E-state index contributed by atoms with van der Waals surface area (Å²) in [6.07, 6.45) is 3.14. The number of aromatic amines is 1. The summed E-state index contributed by atoms with van der Waals surface area (Å²) in [5.74, 6) is 2.00. The van der Waals surface area contributed by atoms with E-state index in [1.54, 1.807) is 19.1 Å². The molecule has 9 heteroatoms. The van der Waals surface area contributed by atoms with Crippen LogP contribution in [0.3, 0.4) is 0 Å². The molecule has 4 N–H and O–H groups in total. The van der Waals surface area contributed by atoms with Crippen molar-refractivity contribution in [3.8, 4) is 11.5 Å². The lowest BCUT2D eigenvalue weighted by atomic mass is 10.1. The van der Waals surface area contributed by atoms with Crippen LogP contribution in [-0.2, 0) is 11.2 Å². The number of methoxy groups -OCH3 is 2. The number of guanidine groups is 1. The summed E-state index contributed by atoms with van der Waals surface area (Å²) in [5, 5.41) is 4.31. The van der Waals surface area contributed by atoms with Gasteiger partial charge < -0.3 is 35.1 Å². The van der Waals surface area contributed by atoms with E-state index in [9.17, 15) is 4.79 Å². The van der Waals surface area contributed by atoms with Crippen LogP contribution in [0.5, 0.6) is 11.5 Å². The summed E-state index contributed by atoms with van der Waals surface area (Å²) in [7, 11) is 3.30. The first-order valence-electron chi connectivity index (χ1n) is 10.8. The van der Waals surface area contributed by atoms with Crippen LogP contribution >= 0.6 is 0 Å². The third kappa shape index (κ3) is 5.96. The van der Waals surface area contributed by atoms with Crippen LogP contribution < -0.4 is 20.5 Å². The number of piperidine rings is 1. The van der Waals surface area contributed by atoms with Crippen LogP contribution in [0.25, 0.3) is 10.9 Å². The first kappa shape index (κ1) is 22.6. The van der Waals surface area contributed by atoms with E-state index < -0.39 is 0 Å². The van der Waals surface area contributed by atoms with Gasteiger partial charge >= 0.3 is 6.09 Å². The number of fused-ring (bicyclic) bond motifs is 1. The second-order valence-corrected chi connectivity index (χ2v) is 7.56. The molecule has 2 aromatic rings. The summed E-state index contributed by atoms with van der Waals surface area (Å²) >= 11 is 0. The first-order chi connectivity index (χ1) is 15.0. The van der Waals surface area contributed by atoms with Gasteiger partial charge in [0.05, 0.1) is 26.3 Å². The molecule has 1 aliphatic heterocycles. The molecule has 31 heavy (non-hydrogen) atoms. The normalized spacial score (nSPS) is 15.2. The molecule has 2 heterocycles. The zero-order valence-corrected chi connectivity index (χ0v) is 18.6. The quantitative estimate of drug-likeness (QED) is 0.336. The van der Waals surface area contributed by atoms with Gasteiger partial charge in [-0.25, -0.2) is 4.79 Å². The first-order valence-corrected chi connectivity index (χ1v) is 10.8. The maximum Gasteiger partial charge on any atom is 0.409 e. The van der Waals surface area contributed by atoms with E-state index in [0.29, 0.717) is 32.2 Å². The molecule has 9 nitrogen and oxygen atoms in total. The van der Waals surface area contributed by atoms with Crippen LogP contribution in [0.4, 0.5) is 4.79 Å². The molecule has 1 saturated heterocycles. The summed E-state index contributed by atoms with van der Waals surface area (Å²) in [6, 6.07) is 6.18. The van der Waals surface area contributed by atoms with Gasteiger partial charge in [-0.3, -0.25) is 4.99 Å². The number of aryl methyl sites for hydroxylation is 1. The number of carbonyl (C=O) groups is 1. The number of benzene rings is 1. The fraction of sp³-hybridized carbons (Fsp3) is 0.545. The van der Waals surface area contributed by atoms with Gasteiger partial charge in [-0.05, 0) is 38.7 Å². The number of aromatic nitrogens is 1. The highest BCUT2D eigenvalue weighted by Gasteiger charge is 2.23. The smallest absolute Gasteiger partial charge is 0.409 e. The number of likely N-dealkylation sites (tertiary alicyclic amines) is 1. The summed E-state index contributed by atoms with van der Waals surface area (Å²) in [5.41, 5.74) is 8.16. The highest BCUT2D eigenvalue weighted by Crippen LogP contribution is 2.31. The van der Waals surface area contributed by atoms with Gasteiger partial charge in [0.1, 0.15) is 11.5 Å². The van der Waals surface area contributed by atoms with E-state index in [-0.39, 0.29) is 12.1 Å². The standard InChI is InChI=1S/C22H33N5O4/c1-4-31-22(28)27-10-7-15(8-11-27)26-21(23)24-9-5-6-16-12-18-19(25-16)13-17(29-2)14-20(18)30-3/h12-15,25H,4-11H2,1-3H3,(H3,23,24,26). The van der Waals surface area contributed by atoms with Crippen molar-refractivity contribution in [3.05, 3.63) is 23.9 Å². The molecule has 0 radical (unpaired) electrons. The molecule has 0 spiro atoms. The van der Waals surface area contributed by atoms with Crippen molar-refractivity contribution < 1.29 is 19.0 Å². The van der Waals surface area contributed by atoms with Crippen molar-refractivity contribution in [3.63, 3.8) is 0 Å². The van der Waals surface area contributed by atoms with E-state index in [1.165, 1.54) is 0 Å². The number of hydrogen-bond donors (Lipinski definition) is 3. The van der Waals surface area contributed by atoms with Crippen LogP contribution in [0, 0.1) is 0 Å².